The minimum atomic E-state index is -0.826. The second kappa shape index (κ2) is 12.2. The van der Waals surface area contributed by atoms with Crippen molar-refractivity contribution in [1.29, 1.82) is 0 Å². The van der Waals surface area contributed by atoms with Gasteiger partial charge in [-0.2, -0.15) is 0 Å². The lowest BCUT2D eigenvalue weighted by molar-refractivity contribution is -0.136. The number of benzene rings is 2. The fourth-order valence-corrected chi connectivity index (χ4v) is 4.05. The molecule has 186 valence electrons. The van der Waals surface area contributed by atoms with Crippen molar-refractivity contribution in [1.82, 2.24) is 15.0 Å². The van der Waals surface area contributed by atoms with Crippen molar-refractivity contribution < 1.29 is 19.1 Å². The molecule has 36 heavy (non-hydrogen) atoms. The van der Waals surface area contributed by atoms with Crippen LogP contribution in [0.4, 0.5) is 5.82 Å². The fraction of sp³-hybridized carbons (Fsp3) is 0.259. The highest BCUT2D eigenvalue weighted by atomic mass is 32.2. The fourth-order valence-electron chi connectivity index (χ4n) is 3.70. The Hall–Kier alpha value is -3.85. The zero-order chi connectivity index (χ0) is 25.3. The van der Waals surface area contributed by atoms with Gasteiger partial charge in [-0.3, -0.25) is 4.79 Å². The Kier molecular flexibility index (Phi) is 8.57. The van der Waals surface area contributed by atoms with E-state index < -0.39 is 5.97 Å². The summed E-state index contributed by atoms with van der Waals surface area (Å²) >= 11 is 1.47. The second-order valence-corrected chi connectivity index (χ2v) is 8.87. The number of nitrogens with one attached hydrogen (secondary N) is 1. The van der Waals surface area contributed by atoms with E-state index in [0.717, 1.165) is 28.1 Å². The first kappa shape index (κ1) is 25.2. The molecular weight excluding hydrogens is 476 g/mol. The maximum absolute atomic E-state index is 11.1. The molecule has 0 unspecified atom stereocenters. The Balaban J connectivity index is 1.42. The number of hydrogen-bond donors (Lipinski definition) is 2. The summed E-state index contributed by atoms with van der Waals surface area (Å²) in [5, 5.41) is 13.1. The molecule has 0 aliphatic carbocycles. The van der Waals surface area contributed by atoms with Crippen LogP contribution >= 0.6 is 11.8 Å². The highest BCUT2D eigenvalue weighted by Crippen LogP contribution is 2.24. The van der Waals surface area contributed by atoms with E-state index in [2.05, 4.69) is 20.3 Å². The van der Waals surface area contributed by atoms with Crippen LogP contribution in [0.1, 0.15) is 29.0 Å². The average Bonchev–Trinajstić information content (AvgIpc) is 3.27. The first-order chi connectivity index (χ1) is 17.5. The van der Waals surface area contributed by atoms with E-state index in [0.29, 0.717) is 48.6 Å². The van der Waals surface area contributed by atoms with Crippen LogP contribution in [-0.2, 0) is 24.2 Å². The van der Waals surface area contributed by atoms with Crippen LogP contribution in [0.3, 0.4) is 0 Å². The molecule has 0 bridgehead atoms. The molecule has 0 atom stereocenters. The van der Waals surface area contributed by atoms with Gasteiger partial charge in [-0.05, 0) is 61.1 Å². The third-order valence-electron chi connectivity index (χ3n) is 5.58. The molecule has 0 saturated heterocycles. The Morgan fingerprint density at radius 3 is 2.69 bits per heavy atom. The van der Waals surface area contributed by atoms with Crippen LogP contribution < -0.4 is 10.1 Å². The van der Waals surface area contributed by atoms with E-state index in [1.165, 1.54) is 11.8 Å². The summed E-state index contributed by atoms with van der Waals surface area (Å²) in [6.07, 6.45) is 4.74. The predicted molar refractivity (Wildman–Crippen MR) is 139 cm³/mol. The lowest BCUT2D eigenvalue weighted by atomic mass is 10.0. The summed E-state index contributed by atoms with van der Waals surface area (Å²) in [5.41, 5.74) is 3.72. The van der Waals surface area contributed by atoms with Crippen molar-refractivity contribution in [3.8, 4) is 17.2 Å². The topological polar surface area (TPSA) is 110 Å². The zero-order valence-corrected chi connectivity index (χ0v) is 21.0. The molecule has 0 saturated carbocycles. The van der Waals surface area contributed by atoms with Crippen molar-refractivity contribution in [3.63, 3.8) is 0 Å². The first-order valence-electron chi connectivity index (χ1n) is 11.6. The van der Waals surface area contributed by atoms with E-state index in [9.17, 15) is 4.79 Å². The standard InChI is InChI=1S/C27H28N4O4S/c1-18-23(30-26(35-18)20-6-4-3-5-7-20)13-15-34-22-10-8-19(9-11-25(32)33)21(16-22)17-29-24-12-14-28-27(31-24)36-2/h3-8,10,12,14,16H,9,11,13,15,17H2,1-2H3,(H,32,33)(H,28,29,31). The molecule has 0 fully saturated rings. The number of thioether (sulfide) groups is 1. The van der Waals surface area contributed by atoms with Crippen molar-refractivity contribution in [3.05, 3.63) is 83.4 Å². The van der Waals surface area contributed by atoms with E-state index in [4.69, 9.17) is 14.3 Å². The number of anilines is 1. The number of carboxylic acid groups (broad SMARTS) is 1. The summed E-state index contributed by atoms with van der Waals surface area (Å²) in [5.74, 6) is 1.98. The summed E-state index contributed by atoms with van der Waals surface area (Å²) in [7, 11) is 0. The van der Waals surface area contributed by atoms with Crippen molar-refractivity contribution >= 4 is 23.5 Å². The van der Waals surface area contributed by atoms with Gasteiger partial charge in [-0.25, -0.2) is 15.0 Å². The van der Waals surface area contributed by atoms with Gasteiger partial charge in [-0.15, -0.1) is 0 Å². The Bertz CT molecular complexity index is 1310. The smallest absolute Gasteiger partial charge is 0.303 e. The Morgan fingerprint density at radius 1 is 1.08 bits per heavy atom. The number of nitrogens with zero attached hydrogens (tertiary/aromatic N) is 3. The van der Waals surface area contributed by atoms with Crippen LogP contribution in [0.25, 0.3) is 11.5 Å². The molecule has 0 spiro atoms. The summed E-state index contributed by atoms with van der Waals surface area (Å²) in [4.78, 5) is 24.4. The van der Waals surface area contributed by atoms with Crippen LogP contribution in [0.5, 0.6) is 5.75 Å². The largest absolute Gasteiger partial charge is 0.493 e. The molecule has 0 radical (unpaired) electrons. The van der Waals surface area contributed by atoms with Gasteiger partial charge in [0.15, 0.2) is 5.16 Å². The van der Waals surface area contributed by atoms with Crippen molar-refractivity contribution in [2.75, 3.05) is 18.2 Å². The number of aromatic nitrogens is 3. The number of ether oxygens (including phenoxy) is 1. The number of hydrogen-bond acceptors (Lipinski definition) is 8. The number of carboxylic acids is 1. The SMILES string of the molecule is CSc1nccc(NCc2cc(OCCc3nc(-c4ccccc4)oc3C)ccc2CCC(=O)O)n1. The van der Waals surface area contributed by atoms with Crippen LogP contribution in [0, 0.1) is 6.92 Å². The van der Waals surface area contributed by atoms with Gasteiger partial charge < -0.3 is 19.6 Å². The molecule has 4 aromatic rings. The molecule has 0 aliphatic heterocycles. The average molecular weight is 505 g/mol. The normalized spacial score (nSPS) is 10.8. The second-order valence-electron chi connectivity index (χ2n) is 8.09. The van der Waals surface area contributed by atoms with E-state index >= 15 is 0 Å². The van der Waals surface area contributed by atoms with Gasteiger partial charge in [0.1, 0.15) is 17.3 Å². The predicted octanol–water partition coefficient (Wildman–Crippen LogP) is 5.41. The Morgan fingerprint density at radius 2 is 1.92 bits per heavy atom. The summed E-state index contributed by atoms with van der Waals surface area (Å²) in [6, 6.07) is 17.4. The van der Waals surface area contributed by atoms with Gasteiger partial charge in [0, 0.05) is 31.1 Å². The minimum absolute atomic E-state index is 0.0620. The molecule has 0 aliphatic rings. The number of carbonyl (C=O) groups is 1. The highest BCUT2D eigenvalue weighted by Gasteiger charge is 2.12. The molecule has 2 aromatic heterocycles. The molecule has 4 rings (SSSR count). The molecule has 8 nitrogen and oxygen atoms in total. The zero-order valence-electron chi connectivity index (χ0n) is 20.2. The van der Waals surface area contributed by atoms with Gasteiger partial charge in [-0.1, -0.05) is 36.0 Å². The Labute approximate surface area is 214 Å². The number of aryl methyl sites for hydroxylation is 2. The van der Waals surface area contributed by atoms with E-state index in [1.807, 2.05) is 61.7 Å². The maximum Gasteiger partial charge on any atom is 0.303 e. The monoisotopic (exact) mass is 504 g/mol. The number of rotatable bonds is 12. The van der Waals surface area contributed by atoms with Gasteiger partial charge in [0.2, 0.25) is 5.89 Å². The molecule has 2 N–H and O–H groups in total. The third-order valence-corrected chi connectivity index (χ3v) is 6.14. The third kappa shape index (κ3) is 6.85. The summed E-state index contributed by atoms with van der Waals surface area (Å²) in [6.45, 7) is 2.83. The maximum atomic E-state index is 11.1. The van der Waals surface area contributed by atoms with Gasteiger partial charge in [0.25, 0.3) is 0 Å². The quantitative estimate of drug-likeness (QED) is 0.193. The van der Waals surface area contributed by atoms with Crippen LogP contribution in [-0.4, -0.2) is 38.9 Å². The molecule has 2 heterocycles. The van der Waals surface area contributed by atoms with Crippen LogP contribution in [0.2, 0.25) is 0 Å². The molecule has 0 amide bonds. The van der Waals surface area contributed by atoms with Crippen LogP contribution in [0.15, 0.2) is 70.4 Å². The summed E-state index contributed by atoms with van der Waals surface area (Å²) < 4.78 is 11.9. The lowest BCUT2D eigenvalue weighted by Gasteiger charge is -2.14. The van der Waals surface area contributed by atoms with Gasteiger partial charge in [0.05, 0.1) is 12.3 Å². The lowest BCUT2D eigenvalue weighted by Crippen LogP contribution is -2.08. The van der Waals surface area contributed by atoms with E-state index in [1.54, 1.807) is 12.3 Å². The molecular formula is C27H28N4O4S. The van der Waals surface area contributed by atoms with Gasteiger partial charge >= 0.3 is 5.97 Å². The number of aliphatic carboxylic acids is 1. The van der Waals surface area contributed by atoms with Crippen molar-refractivity contribution in [2.24, 2.45) is 0 Å². The molecule has 2 aromatic carbocycles. The van der Waals surface area contributed by atoms with E-state index in [-0.39, 0.29) is 6.42 Å². The molecule has 9 heteroatoms. The highest BCUT2D eigenvalue weighted by molar-refractivity contribution is 7.98. The van der Waals surface area contributed by atoms with Crippen molar-refractivity contribution in [2.45, 2.75) is 37.9 Å². The number of oxazole rings is 1. The minimum Gasteiger partial charge on any atom is -0.493 e. The first-order valence-corrected chi connectivity index (χ1v) is 12.8.